The molecule has 3 rings (SSSR count). The van der Waals surface area contributed by atoms with Crippen molar-refractivity contribution >= 4 is 16.8 Å². The van der Waals surface area contributed by atoms with E-state index in [0.717, 1.165) is 55.5 Å². The molecular formula is C24H35N3O2. The lowest BCUT2D eigenvalue weighted by Crippen LogP contribution is -2.40. The van der Waals surface area contributed by atoms with Gasteiger partial charge < -0.3 is 15.0 Å². The van der Waals surface area contributed by atoms with Crippen LogP contribution in [-0.2, 0) is 11.2 Å². The molecule has 0 bridgehead atoms. The molecule has 0 unspecified atom stereocenters. The van der Waals surface area contributed by atoms with Gasteiger partial charge in [0.25, 0.3) is 0 Å². The topological polar surface area (TPSA) is 54.5 Å². The molecule has 158 valence electrons. The Morgan fingerprint density at radius 3 is 2.83 bits per heavy atom. The van der Waals surface area contributed by atoms with Crippen molar-refractivity contribution < 1.29 is 9.53 Å². The maximum atomic E-state index is 11.9. The van der Waals surface area contributed by atoms with Crippen molar-refractivity contribution in [2.45, 2.75) is 71.4 Å². The number of aryl methyl sites for hydroxylation is 1. The second-order valence-corrected chi connectivity index (χ2v) is 8.40. The van der Waals surface area contributed by atoms with Crippen LogP contribution in [0.4, 0.5) is 0 Å². The summed E-state index contributed by atoms with van der Waals surface area (Å²) in [4.78, 5) is 18.8. The van der Waals surface area contributed by atoms with Crippen molar-refractivity contribution in [3.05, 3.63) is 36.0 Å². The van der Waals surface area contributed by atoms with Gasteiger partial charge in [-0.1, -0.05) is 19.4 Å². The first kappa shape index (κ1) is 21.6. The lowest BCUT2D eigenvalue weighted by Gasteiger charge is -2.32. The Morgan fingerprint density at radius 1 is 1.31 bits per heavy atom. The van der Waals surface area contributed by atoms with E-state index in [4.69, 9.17) is 4.74 Å². The number of ether oxygens (including phenoxy) is 1. The molecule has 1 aliphatic heterocycles. The number of rotatable bonds is 9. The lowest BCUT2D eigenvalue weighted by molar-refractivity contribution is -0.122. The van der Waals surface area contributed by atoms with Crippen LogP contribution in [0, 0.1) is 0 Å². The number of likely N-dealkylation sites (tertiary alicyclic amines) is 1. The molecule has 5 nitrogen and oxygen atoms in total. The van der Waals surface area contributed by atoms with Crippen LogP contribution in [-0.4, -0.2) is 47.6 Å². The number of unbranched alkanes of at least 4 members (excludes halogenated alkanes) is 1. The van der Waals surface area contributed by atoms with Gasteiger partial charge in [-0.25, -0.2) is 0 Å². The number of carbonyl (C=O) groups excluding carboxylic acids is 1. The molecule has 1 N–H and O–H groups in total. The predicted octanol–water partition coefficient (Wildman–Crippen LogP) is 4.34. The maximum Gasteiger partial charge on any atom is 0.221 e. The number of hydrogen-bond donors (Lipinski definition) is 1. The maximum absolute atomic E-state index is 11.9. The van der Waals surface area contributed by atoms with Crippen LogP contribution in [0.1, 0.15) is 58.4 Å². The second-order valence-electron chi connectivity index (χ2n) is 8.40. The van der Waals surface area contributed by atoms with Crippen LogP contribution in [0.15, 0.2) is 30.5 Å². The van der Waals surface area contributed by atoms with E-state index in [-0.39, 0.29) is 18.1 Å². The zero-order valence-electron chi connectivity index (χ0n) is 18.1. The van der Waals surface area contributed by atoms with Gasteiger partial charge >= 0.3 is 0 Å². The first-order valence-electron chi connectivity index (χ1n) is 11.1. The highest BCUT2D eigenvalue weighted by molar-refractivity contribution is 5.85. The summed E-state index contributed by atoms with van der Waals surface area (Å²) >= 11 is 0. The molecular weight excluding hydrogens is 362 g/mol. The van der Waals surface area contributed by atoms with Gasteiger partial charge in [0.1, 0.15) is 17.4 Å². The van der Waals surface area contributed by atoms with Crippen LogP contribution in [0.2, 0.25) is 0 Å². The molecule has 1 saturated heterocycles. The van der Waals surface area contributed by atoms with Crippen molar-refractivity contribution in [1.82, 2.24) is 15.2 Å². The highest BCUT2D eigenvalue weighted by Crippen LogP contribution is 2.29. The molecule has 1 fully saturated rings. The van der Waals surface area contributed by atoms with Gasteiger partial charge in [0, 0.05) is 43.7 Å². The van der Waals surface area contributed by atoms with Crippen molar-refractivity contribution in [3.63, 3.8) is 0 Å². The van der Waals surface area contributed by atoms with Gasteiger partial charge in [0.2, 0.25) is 5.91 Å². The lowest BCUT2D eigenvalue weighted by atomic mass is 10.0. The summed E-state index contributed by atoms with van der Waals surface area (Å²) in [5, 5.41) is 4.12. The quantitative estimate of drug-likeness (QED) is 0.684. The monoisotopic (exact) mass is 397 g/mol. The number of benzene rings is 1. The Balaban J connectivity index is 1.57. The van der Waals surface area contributed by atoms with E-state index >= 15 is 0 Å². The van der Waals surface area contributed by atoms with E-state index in [1.54, 1.807) is 0 Å². The van der Waals surface area contributed by atoms with E-state index in [1.807, 2.05) is 26.1 Å². The molecule has 1 aromatic carbocycles. The van der Waals surface area contributed by atoms with Crippen molar-refractivity contribution in [2.75, 3.05) is 19.6 Å². The van der Waals surface area contributed by atoms with Crippen molar-refractivity contribution in [1.29, 1.82) is 0 Å². The number of nitrogens with one attached hydrogen (secondary N) is 1. The molecule has 0 spiro atoms. The summed E-state index contributed by atoms with van der Waals surface area (Å²) in [5.41, 5.74) is 2.29. The zero-order chi connectivity index (χ0) is 20.6. The fraction of sp³-hybridized carbons (Fsp3) is 0.583. The number of piperidine rings is 1. The molecule has 0 atom stereocenters. The molecule has 5 heteroatoms. The Hall–Kier alpha value is -2.14. The van der Waals surface area contributed by atoms with E-state index < -0.39 is 0 Å². The number of fused-ring (bicyclic) bond motifs is 1. The normalized spacial score (nSPS) is 15.7. The molecule has 1 aliphatic rings. The summed E-state index contributed by atoms with van der Waals surface area (Å²) in [6.45, 7) is 8.98. The predicted molar refractivity (Wildman–Crippen MR) is 118 cm³/mol. The van der Waals surface area contributed by atoms with Gasteiger partial charge in [0.15, 0.2) is 0 Å². The van der Waals surface area contributed by atoms with Crippen LogP contribution in [0.25, 0.3) is 10.9 Å². The number of amides is 1. The minimum Gasteiger partial charge on any atom is -0.488 e. The minimum atomic E-state index is 0.139. The van der Waals surface area contributed by atoms with Crippen molar-refractivity contribution in [3.8, 4) is 5.75 Å². The second kappa shape index (κ2) is 10.6. The summed E-state index contributed by atoms with van der Waals surface area (Å²) in [6.07, 6.45) is 8.04. The number of hydrogen-bond acceptors (Lipinski definition) is 4. The average Bonchev–Trinajstić information content (AvgIpc) is 2.71. The fourth-order valence-corrected chi connectivity index (χ4v) is 3.92. The Kier molecular flexibility index (Phi) is 7.87. The summed E-state index contributed by atoms with van der Waals surface area (Å²) < 4.78 is 6.45. The van der Waals surface area contributed by atoms with Crippen molar-refractivity contribution in [2.24, 2.45) is 0 Å². The third-order valence-electron chi connectivity index (χ3n) is 5.48. The zero-order valence-corrected chi connectivity index (χ0v) is 18.1. The van der Waals surface area contributed by atoms with Gasteiger partial charge in [-0.3, -0.25) is 9.78 Å². The highest BCUT2D eigenvalue weighted by Gasteiger charge is 2.22. The number of carbonyl (C=O) groups is 1. The molecule has 1 amide bonds. The fourth-order valence-electron chi connectivity index (χ4n) is 3.92. The Morgan fingerprint density at radius 2 is 2.10 bits per heavy atom. The first-order chi connectivity index (χ1) is 14.0. The molecule has 0 radical (unpaired) electrons. The molecule has 2 heterocycles. The van der Waals surface area contributed by atoms with Gasteiger partial charge in [0.05, 0.1) is 0 Å². The van der Waals surface area contributed by atoms with E-state index in [1.165, 1.54) is 18.4 Å². The van der Waals surface area contributed by atoms with Gasteiger partial charge in [-0.15, -0.1) is 0 Å². The average molecular weight is 398 g/mol. The molecule has 0 aliphatic carbocycles. The molecule has 29 heavy (non-hydrogen) atoms. The smallest absolute Gasteiger partial charge is 0.221 e. The highest BCUT2D eigenvalue weighted by atomic mass is 16.5. The third-order valence-corrected chi connectivity index (χ3v) is 5.48. The summed E-state index contributed by atoms with van der Waals surface area (Å²) in [6, 6.07) is 8.75. The standard InChI is InChI=1S/C24H35N3O2/c1-4-5-7-19-16-20-8-6-12-25-24(20)22(17-19)29-21-9-13-27(14-10-21)15-11-23(28)26-18(2)3/h6,8,12,16-18,21H,4-5,7,9-11,13-15H2,1-3H3,(H,26,28). The number of aromatic nitrogens is 1. The number of pyridine rings is 1. The van der Waals surface area contributed by atoms with Crippen LogP contribution < -0.4 is 10.1 Å². The van der Waals surface area contributed by atoms with E-state index in [0.29, 0.717) is 6.42 Å². The van der Waals surface area contributed by atoms with Gasteiger partial charge in [-0.2, -0.15) is 0 Å². The Labute approximate surface area is 174 Å². The third kappa shape index (κ3) is 6.43. The molecule has 0 saturated carbocycles. The van der Waals surface area contributed by atoms with Crippen LogP contribution in [0.5, 0.6) is 5.75 Å². The van der Waals surface area contributed by atoms with Crippen LogP contribution >= 0.6 is 0 Å². The van der Waals surface area contributed by atoms with Gasteiger partial charge in [-0.05, 0) is 63.3 Å². The molecule has 1 aromatic heterocycles. The minimum absolute atomic E-state index is 0.139. The summed E-state index contributed by atoms with van der Waals surface area (Å²) in [7, 11) is 0. The SMILES string of the molecule is CCCCc1cc(OC2CCN(CCC(=O)NC(C)C)CC2)c2ncccc2c1. The first-order valence-corrected chi connectivity index (χ1v) is 11.1. The van der Waals surface area contributed by atoms with E-state index in [9.17, 15) is 4.79 Å². The van der Waals surface area contributed by atoms with Crippen LogP contribution in [0.3, 0.4) is 0 Å². The summed E-state index contributed by atoms with van der Waals surface area (Å²) in [5.74, 6) is 1.06. The largest absolute Gasteiger partial charge is 0.488 e. The molecule has 2 aromatic rings. The Bertz CT molecular complexity index is 798. The van der Waals surface area contributed by atoms with E-state index in [2.05, 4.69) is 40.3 Å². The number of nitrogens with zero attached hydrogens (tertiary/aromatic N) is 2.